The molecule has 2 rings (SSSR count). The predicted molar refractivity (Wildman–Crippen MR) is 175 cm³/mol. The van der Waals surface area contributed by atoms with E-state index in [4.69, 9.17) is 23.7 Å². The minimum Gasteiger partial charge on any atom is -0.479 e. The van der Waals surface area contributed by atoms with E-state index in [0.29, 0.717) is 25.7 Å². The number of carboxylic acid groups (broad SMARTS) is 2. The minimum absolute atomic E-state index is 0.168. The number of carbonyl (C=O) groups excluding carboxylic acids is 1. The summed E-state index contributed by atoms with van der Waals surface area (Å²) in [5.74, 6) is -3.71. The van der Waals surface area contributed by atoms with Crippen molar-refractivity contribution in [1.82, 2.24) is 0 Å². The molecule has 0 bridgehead atoms. The molecule has 0 aliphatic carbocycles. The molecule has 5 N–H and O–H groups in total. The molecular weight excluding hydrogens is 628 g/mol. The van der Waals surface area contributed by atoms with Gasteiger partial charge in [0.2, 0.25) is 0 Å². The highest BCUT2D eigenvalue weighted by Gasteiger charge is 2.63. The number of hydrogen-bond donors (Lipinski definition) is 5. The highest BCUT2D eigenvalue weighted by atomic mass is 16.6. The van der Waals surface area contributed by atoms with E-state index in [1.165, 1.54) is 0 Å². The van der Waals surface area contributed by atoms with Crippen LogP contribution in [0.3, 0.4) is 0 Å². The number of hydrogen-bond acceptors (Lipinski definition) is 11. The average Bonchev–Trinajstić information content (AvgIpc) is 3.02. The van der Waals surface area contributed by atoms with Crippen LogP contribution >= 0.6 is 0 Å². The highest BCUT2D eigenvalue weighted by Crippen LogP contribution is 2.51. The van der Waals surface area contributed by atoms with Gasteiger partial charge < -0.3 is 49.2 Å². The summed E-state index contributed by atoms with van der Waals surface area (Å²) in [5.41, 5.74) is -4.30. The highest BCUT2D eigenvalue weighted by molar-refractivity contribution is 5.81. The molecule has 2 aliphatic rings. The van der Waals surface area contributed by atoms with E-state index < -0.39 is 101 Å². The van der Waals surface area contributed by atoms with Crippen molar-refractivity contribution >= 4 is 17.9 Å². The fourth-order valence-electron chi connectivity index (χ4n) is 6.70. The topological polar surface area (TPSA) is 199 Å². The van der Waals surface area contributed by atoms with Gasteiger partial charge in [-0.15, -0.1) is 0 Å². The minimum atomic E-state index is -1.70. The smallest absolute Gasteiger partial charge is 0.335 e. The Balaban J connectivity index is 2.73. The van der Waals surface area contributed by atoms with Crippen molar-refractivity contribution < 1.29 is 63.6 Å². The molecule has 0 saturated carbocycles. The van der Waals surface area contributed by atoms with E-state index in [0.717, 1.165) is 6.08 Å². The van der Waals surface area contributed by atoms with Gasteiger partial charge in [-0.1, -0.05) is 67.9 Å². The maximum Gasteiger partial charge on any atom is 0.335 e. The van der Waals surface area contributed by atoms with Crippen molar-refractivity contribution in [3.63, 3.8) is 0 Å². The number of carboxylic acids is 2. The van der Waals surface area contributed by atoms with Crippen molar-refractivity contribution in [2.24, 2.45) is 10.8 Å². The summed E-state index contributed by atoms with van der Waals surface area (Å²) in [6.45, 7) is 21.3. The van der Waals surface area contributed by atoms with Crippen molar-refractivity contribution in [3.05, 3.63) is 12.7 Å². The zero-order valence-corrected chi connectivity index (χ0v) is 30.3. The largest absolute Gasteiger partial charge is 0.479 e. The lowest BCUT2D eigenvalue weighted by molar-refractivity contribution is -0.321. The summed E-state index contributed by atoms with van der Waals surface area (Å²) in [6, 6.07) is 0. The first-order valence-corrected chi connectivity index (χ1v) is 17.1. The summed E-state index contributed by atoms with van der Waals surface area (Å²) in [6.07, 6.45) is -11.4. The van der Waals surface area contributed by atoms with Crippen LogP contribution in [0.4, 0.5) is 0 Å². The van der Waals surface area contributed by atoms with Crippen LogP contribution in [0.1, 0.15) is 108 Å². The second-order valence-corrected chi connectivity index (χ2v) is 14.9. The number of ether oxygens (including phenoxy) is 5. The Morgan fingerprint density at radius 1 is 0.729 bits per heavy atom. The third kappa shape index (κ3) is 8.59. The second kappa shape index (κ2) is 16.3. The molecule has 0 spiro atoms. The van der Waals surface area contributed by atoms with Crippen molar-refractivity contribution in [2.75, 3.05) is 0 Å². The number of aliphatic hydroxyl groups excluding tert-OH is 3. The zero-order valence-electron chi connectivity index (χ0n) is 30.3. The molecule has 2 saturated heterocycles. The molecule has 2 fully saturated rings. The first kappa shape index (κ1) is 42.0. The van der Waals surface area contributed by atoms with E-state index >= 15 is 0 Å². The summed E-state index contributed by atoms with van der Waals surface area (Å²) >= 11 is 0. The van der Waals surface area contributed by atoms with Gasteiger partial charge in [-0.3, -0.25) is 0 Å². The van der Waals surface area contributed by atoms with Gasteiger partial charge in [-0.25, -0.2) is 14.4 Å². The monoisotopic (exact) mass is 688 g/mol. The van der Waals surface area contributed by atoms with Gasteiger partial charge in [-0.2, -0.15) is 0 Å². The fourth-order valence-corrected chi connectivity index (χ4v) is 6.70. The lowest BCUT2D eigenvalue weighted by Gasteiger charge is -2.57. The summed E-state index contributed by atoms with van der Waals surface area (Å²) < 4.78 is 30.6. The first-order valence-electron chi connectivity index (χ1n) is 17.1. The molecule has 48 heavy (non-hydrogen) atoms. The molecule has 278 valence electrons. The van der Waals surface area contributed by atoms with Crippen LogP contribution in [0.5, 0.6) is 0 Å². The van der Waals surface area contributed by atoms with Crippen molar-refractivity contribution in [3.8, 4) is 0 Å². The van der Waals surface area contributed by atoms with Crippen LogP contribution in [0, 0.1) is 10.8 Å². The van der Waals surface area contributed by atoms with Gasteiger partial charge >= 0.3 is 17.9 Å². The van der Waals surface area contributed by atoms with Crippen LogP contribution in [-0.2, 0) is 38.1 Å². The Kier molecular flexibility index (Phi) is 14.2. The lowest BCUT2D eigenvalue weighted by Crippen LogP contribution is -2.70. The standard InChI is InChI=1S/C35H60O13/c1-12-17-18-34(10,29-21(38)20(37)24(26(46-29)30(40)41)47-33(8,9)15-4)35(11,16-5)48-25-23(44-19(36)13-2)22(39)28(32(6,7)14-3)45-27(25)31(42)43/h13,20-29,37-39H,2,12,14-18H2,1,3-11H3,(H,40,41)(H,42,43). The molecule has 0 amide bonds. The summed E-state index contributed by atoms with van der Waals surface area (Å²) in [5, 5.41) is 55.4. The van der Waals surface area contributed by atoms with Crippen molar-refractivity contribution in [1.29, 1.82) is 0 Å². The van der Waals surface area contributed by atoms with E-state index in [1.54, 1.807) is 48.5 Å². The van der Waals surface area contributed by atoms with Gasteiger partial charge in [0.25, 0.3) is 0 Å². The molecule has 0 radical (unpaired) electrons. The third-order valence-corrected chi connectivity index (χ3v) is 11.0. The van der Waals surface area contributed by atoms with Gasteiger partial charge in [0.15, 0.2) is 18.3 Å². The maximum absolute atomic E-state index is 12.8. The van der Waals surface area contributed by atoms with Gasteiger partial charge in [-0.05, 0) is 51.9 Å². The Morgan fingerprint density at radius 3 is 1.73 bits per heavy atom. The SMILES string of the molecule is C=CC(=O)OC1C(O)C(C(C)(C)CC)OC(C(=O)O)C1OC(C)(CC)C(C)(CCCC)C1OC(C(=O)O)C(OC(C)(C)CC)C(O)C1O. The molecule has 2 aliphatic heterocycles. The summed E-state index contributed by atoms with van der Waals surface area (Å²) in [4.78, 5) is 38.0. The quantitative estimate of drug-likeness (QED) is 0.110. The zero-order chi connectivity index (χ0) is 37.0. The molecule has 0 aromatic heterocycles. The Bertz CT molecular complexity index is 1120. The number of aliphatic carboxylic acids is 2. The molecule has 0 aromatic rings. The second-order valence-electron chi connectivity index (χ2n) is 14.9. The van der Waals surface area contributed by atoms with Crippen LogP contribution < -0.4 is 0 Å². The van der Waals surface area contributed by atoms with Crippen LogP contribution in [0.25, 0.3) is 0 Å². The normalized spacial score (nSPS) is 34.0. The maximum atomic E-state index is 12.8. The van der Waals surface area contributed by atoms with Crippen LogP contribution in [-0.4, -0.2) is 116 Å². The number of rotatable bonds is 17. The first-order chi connectivity index (χ1) is 22.1. The van der Waals surface area contributed by atoms with E-state index in [9.17, 15) is 39.9 Å². The molecule has 0 aromatic carbocycles. The van der Waals surface area contributed by atoms with E-state index in [-0.39, 0.29) is 12.8 Å². The number of unbranched alkanes of at least 4 members (excludes halogenated alkanes) is 1. The average molecular weight is 689 g/mol. The number of carbonyl (C=O) groups is 3. The molecule has 2 heterocycles. The third-order valence-electron chi connectivity index (χ3n) is 11.0. The Morgan fingerprint density at radius 2 is 1.27 bits per heavy atom. The van der Waals surface area contributed by atoms with Gasteiger partial charge in [0.05, 0.1) is 23.4 Å². The lowest BCUT2D eigenvalue weighted by atomic mass is 9.63. The van der Waals surface area contributed by atoms with Crippen LogP contribution in [0.2, 0.25) is 0 Å². The Labute approximate surface area is 284 Å². The Hall–Kier alpha value is -2.13. The molecular formula is C35H60O13. The van der Waals surface area contributed by atoms with Gasteiger partial charge in [0.1, 0.15) is 30.5 Å². The number of esters is 1. The number of aliphatic hydroxyl groups is 3. The van der Waals surface area contributed by atoms with Crippen molar-refractivity contribution in [2.45, 2.75) is 180 Å². The van der Waals surface area contributed by atoms with E-state index in [2.05, 4.69) is 6.58 Å². The molecule has 13 nitrogen and oxygen atoms in total. The molecule has 12 atom stereocenters. The summed E-state index contributed by atoms with van der Waals surface area (Å²) in [7, 11) is 0. The molecule has 13 heteroatoms. The van der Waals surface area contributed by atoms with E-state index in [1.807, 2.05) is 20.8 Å². The molecule has 12 unspecified atom stereocenters. The van der Waals surface area contributed by atoms with Crippen LogP contribution in [0.15, 0.2) is 12.7 Å². The van der Waals surface area contributed by atoms with Gasteiger partial charge in [0, 0.05) is 11.5 Å². The fraction of sp³-hybridized carbons (Fsp3) is 0.857. The predicted octanol–water partition coefficient (Wildman–Crippen LogP) is 3.63.